The van der Waals surface area contributed by atoms with Crippen molar-refractivity contribution in [3.63, 3.8) is 0 Å². The van der Waals surface area contributed by atoms with Crippen LogP contribution in [0.1, 0.15) is 42.2 Å². The summed E-state index contributed by atoms with van der Waals surface area (Å²) in [7, 11) is 1.72. The van der Waals surface area contributed by atoms with E-state index in [1.54, 1.807) is 13.2 Å². The number of rotatable bonds is 4. The highest BCUT2D eigenvalue weighted by Gasteiger charge is 2.34. The Morgan fingerprint density at radius 2 is 2.24 bits per heavy atom. The maximum Gasteiger partial charge on any atom is 0.270 e. The van der Waals surface area contributed by atoms with Gasteiger partial charge in [-0.05, 0) is 31.7 Å². The Bertz CT molecular complexity index is 527. The number of hydrogen-bond acceptors (Lipinski definition) is 3. The minimum atomic E-state index is 0.0394. The van der Waals surface area contributed by atoms with E-state index >= 15 is 0 Å². The lowest BCUT2D eigenvalue weighted by Crippen LogP contribution is -2.51. The summed E-state index contributed by atoms with van der Waals surface area (Å²) in [5.74, 6) is 0.0406. The highest BCUT2D eigenvalue weighted by atomic mass is 35.5. The number of ether oxygens (including phenoxy) is 1. The Balaban J connectivity index is 1.81. The number of carbonyl (C=O) groups excluding carboxylic acids is 1. The number of likely N-dealkylation sites (tertiary alicyclic amines) is 1. The third-order valence-electron chi connectivity index (χ3n) is 4.51. The Kier molecular flexibility index (Phi) is 4.24. The van der Waals surface area contributed by atoms with Crippen molar-refractivity contribution in [2.24, 2.45) is 5.73 Å². The van der Waals surface area contributed by atoms with Gasteiger partial charge in [0.25, 0.3) is 5.91 Å². The Hall–Kier alpha value is -1.04. The molecule has 2 unspecified atom stereocenters. The van der Waals surface area contributed by atoms with Gasteiger partial charge < -0.3 is 19.9 Å². The first-order chi connectivity index (χ1) is 10.1. The molecule has 2 atom stereocenters. The maximum atomic E-state index is 12.9. The molecule has 2 N–H and O–H groups in total. The van der Waals surface area contributed by atoms with Gasteiger partial charge in [0.05, 0.1) is 11.1 Å². The van der Waals surface area contributed by atoms with Crippen LogP contribution < -0.4 is 5.73 Å². The molecule has 1 aromatic rings. The average Bonchev–Trinajstić information content (AvgIpc) is 3.28. The number of hydrogen-bond donors (Lipinski definition) is 1. The van der Waals surface area contributed by atoms with Crippen molar-refractivity contribution in [1.82, 2.24) is 9.47 Å². The van der Waals surface area contributed by atoms with Crippen molar-refractivity contribution in [2.45, 2.75) is 43.9 Å². The number of nitrogens with two attached hydrogens (primary N) is 1. The third kappa shape index (κ3) is 2.96. The summed E-state index contributed by atoms with van der Waals surface area (Å²) in [6, 6.07) is 2.25. The Morgan fingerprint density at radius 3 is 2.86 bits per heavy atom. The van der Waals surface area contributed by atoms with E-state index < -0.39 is 0 Å². The summed E-state index contributed by atoms with van der Waals surface area (Å²) in [5, 5.41) is 0.626. The molecule has 116 valence electrons. The second-order valence-corrected chi connectivity index (χ2v) is 6.39. The number of methoxy groups -OCH3 is 1. The van der Waals surface area contributed by atoms with E-state index in [4.69, 9.17) is 22.1 Å². The SMILES string of the molecule is COC1CCN(C(=O)c2cc(Cl)cn2C2CC2)C(CN)C1. The van der Waals surface area contributed by atoms with Crippen LogP contribution in [0.5, 0.6) is 0 Å². The third-order valence-corrected chi connectivity index (χ3v) is 4.72. The Morgan fingerprint density at radius 1 is 1.48 bits per heavy atom. The normalized spacial score (nSPS) is 26.1. The molecule has 1 aliphatic heterocycles. The lowest BCUT2D eigenvalue weighted by molar-refractivity contribution is 0.0134. The summed E-state index contributed by atoms with van der Waals surface area (Å²) in [4.78, 5) is 14.8. The molecule has 0 radical (unpaired) electrons. The molecule has 2 fully saturated rings. The molecule has 0 aromatic carbocycles. The molecule has 1 saturated carbocycles. The topological polar surface area (TPSA) is 60.5 Å². The first kappa shape index (κ1) is 14.9. The van der Waals surface area contributed by atoms with Gasteiger partial charge >= 0.3 is 0 Å². The van der Waals surface area contributed by atoms with Crippen molar-refractivity contribution in [3.8, 4) is 0 Å². The monoisotopic (exact) mass is 311 g/mol. The number of piperidine rings is 1. The first-order valence-electron chi connectivity index (χ1n) is 7.55. The van der Waals surface area contributed by atoms with Gasteiger partial charge in [0.2, 0.25) is 0 Å². The number of halogens is 1. The molecule has 5 nitrogen and oxygen atoms in total. The van der Waals surface area contributed by atoms with E-state index in [2.05, 4.69) is 0 Å². The molecule has 1 amide bonds. The molecule has 2 heterocycles. The molecule has 1 saturated heterocycles. The first-order valence-corrected chi connectivity index (χ1v) is 7.93. The average molecular weight is 312 g/mol. The van der Waals surface area contributed by atoms with Crippen molar-refractivity contribution in [2.75, 3.05) is 20.2 Å². The van der Waals surface area contributed by atoms with Crippen LogP contribution in [-0.4, -0.2) is 47.7 Å². The largest absolute Gasteiger partial charge is 0.381 e. The molecule has 6 heteroatoms. The van der Waals surface area contributed by atoms with Gasteiger partial charge in [0, 0.05) is 38.5 Å². The molecule has 1 aliphatic carbocycles. The van der Waals surface area contributed by atoms with E-state index in [0.717, 1.165) is 25.7 Å². The van der Waals surface area contributed by atoms with Crippen LogP contribution in [0.15, 0.2) is 12.3 Å². The second kappa shape index (κ2) is 5.99. The lowest BCUT2D eigenvalue weighted by atomic mass is 9.99. The predicted octanol–water partition coefficient (Wildman–Crippen LogP) is 2.05. The van der Waals surface area contributed by atoms with Crippen LogP contribution >= 0.6 is 11.6 Å². The maximum absolute atomic E-state index is 12.9. The second-order valence-electron chi connectivity index (χ2n) is 5.95. The standard InChI is InChI=1S/C15H22ClN3O2/c1-21-13-4-5-18(12(7-13)8-17)15(20)14-6-10(16)9-19(14)11-2-3-11/h6,9,11-13H,2-5,7-8,17H2,1H3. The highest BCUT2D eigenvalue weighted by molar-refractivity contribution is 6.31. The fourth-order valence-corrected chi connectivity index (χ4v) is 3.35. The minimum Gasteiger partial charge on any atom is -0.381 e. The molecule has 1 aromatic heterocycles. The van der Waals surface area contributed by atoms with Crippen LogP contribution in [-0.2, 0) is 4.74 Å². The van der Waals surface area contributed by atoms with Gasteiger partial charge in [0.15, 0.2) is 0 Å². The van der Waals surface area contributed by atoms with Gasteiger partial charge in [0.1, 0.15) is 5.69 Å². The van der Waals surface area contributed by atoms with E-state index in [1.165, 1.54) is 0 Å². The highest BCUT2D eigenvalue weighted by Crippen LogP contribution is 2.38. The summed E-state index contributed by atoms with van der Waals surface area (Å²) in [6.45, 7) is 1.15. The van der Waals surface area contributed by atoms with E-state index in [0.29, 0.717) is 29.8 Å². The number of amides is 1. The fourth-order valence-electron chi connectivity index (χ4n) is 3.14. The van der Waals surface area contributed by atoms with Crippen molar-refractivity contribution >= 4 is 17.5 Å². The van der Waals surface area contributed by atoms with Crippen molar-refractivity contribution in [3.05, 3.63) is 23.0 Å². The zero-order chi connectivity index (χ0) is 15.0. The smallest absolute Gasteiger partial charge is 0.270 e. The molecule has 3 rings (SSSR count). The van der Waals surface area contributed by atoms with Gasteiger partial charge in [-0.3, -0.25) is 4.79 Å². The predicted molar refractivity (Wildman–Crippen MR) is 81.6 cm³/mol. The van der Waals surface area contributed by atoms with Crippen molar-refractivity contribution < 1.29 is 9.53 Å². The molecular weight excluding hydrogens is 290 g/mol. The van der Waals surface area contributed by atoms with Gasteiger partial charge in [-0.15, -0.1) is 0 Å². The zero-order valence-electron chi connectivity index (χ0n) is 12.3. The molecule has 0 spiro atoms. The summed E-state index contributed by atoms with van der Waals surface area (Å²) < 4.78 is 7.44. The van der Waals surface area contributed by atoms with E-state index in [9.17, 15) is 4.79 Å². The fraction of sp³-hybridized carbons (Fsp3) is 0.667. The van der Waals surface area contributed by atoms with Gasteiger partial charge in [-0.1, -0.05) is 11.6 Å². The van der Waals surface area contributed by atoms with Crippen LogP contribution in [0.3, 0.4) is 0 Å². The van der Waals surface area contributed by atoms with Crippen LogP contribution in [0.2, 0.25) is 5.02 Å². The summed E-state index contributed by atoms with van der Waals surface area (Å²) in [5.41, 5.74) is 6.55. The van der Waals surface area contributed by atoms with Crippen LogP contribution in [0, 0.1) is 0 Å². The zero-order valence-corrected chi connectivity index (χ0v) is 13.1. The molecule has 2 aliphatic rings. The number of nitrogens with zero attached hydrogens (tertiary/aromatic N) is 2. The Labute approximate surface area is 130 Å². The molecule has 21 heavy (non-hydrogen) atoms. The number of carbonyl (C=O) groups is 1. The van der Waals surface area contributed by atoms with E-state index in [1.807, 2.05) is 15.7 Å². The van der Waals surface area contributed by atoms with Crippen LogP contribution in [0.4, 0.5) is 0 Å². The number of aromatic nitrogens is 1. The van der Waals surface area contributed by atoms with Crippen molar-refractivity contribution in [1.29, 1.82) is 0 Å². The summed E-state index contributed by atoms with van der Waals surface area (Å²) in [6.07, 6.45) is 5.97. The minimum absolute atomic E-state index is 0.0394. The molecular formula is C15H22ClN3O2. The lowest BCUT2D eigenvalue weighted by Gasteiger charge is -2.38. The summed E-state index contributed by atoms with van der Waals surface area (Å²) >= 11 is 6.10. The van der Waals surface area contributed by atoms with Crippen LogP contribution in [0.25, 0.3) is 0 Å². The molecule has 0 bridgehead atoms. The van der Waals surface area contributed by atoms with Gasteiger partial charge in [-0.2, -0.15) is 0 Å². The van der Waals surface area contributed by atoms with Gasteiger partial charge in [-0.25, -0.2) is 0 Å². The quantitative estimate of drug-likeness (QED) is 0.926. The van der Waals surface area contributed by atoms with E-state index in [-0.39, 0.29) is 18.1 Å².